The average Bonchev–Trinajstić information content (AvgIpc) is 2.84. The number of hydrogen-bond donors (Lipinski definition) is 0. The lowest BCUT2D eigenvalue weighted by Gasteiger charge is -2.50. The van der Waals surface area contributed by atoms with Crippen LogP contribution < -0.4 is 9.47 Å². The largest absolute Gasteiger partial charge is 0.493 e. The zero-order chi connectivity index (χ0) is 23.8. The predicted octanol–water partition coefficient (Wildman–Crippen LogP) is 5.11. The number of benzene rings is 2. The molecule has 0 aliphatic carbocycles. The third kappa shape index (κ3) is 5.88. The van der Waals surface area contributed by atoms with E-state index in [1.165, 1.54) is 11.1 Å². The third-order valence-corrected chi connectivity index (χ3v) is 7.53. The molecule has 0 bridgehead atoms. The summed E-state index contributed by atoms with van der Waals surface area (Å²) in [6, 6.07) is 20.0. The van der Waals surface area contributed by atoms with Gasteiger partial charge in [0.25, 0.3) is 0 Å². The summed E-state index contributed by atoms with van der Waals surface area (Å²) in [6.07, 6.45) is 2.76. The molecule has 0 saturated carbocycles. The fourth-order valence-corrected chi connectivity index (χ4v) is 5.41. The van der Waals surface area contributed by atoms with E-state index in [-0.39, 0.29) is 5.41 Å². The summed E-state index contributed by atoms with van der Waals surface area (Å²) in [6.45, 7) is 8.36. The Morgan fingerprint density at radius 1 is 1.06 bits per heavy atom. The Bertz CT molecular complexity index is 926. The van der Waals surface area contributed by atoms with Crippen molar-refractivity contribution in [1.82, 2.24) is 9.80 Å². The summed E-state index contributed by atoms with van der Waals surface area (Å²) in [5.74, 6) is 2.04. The molecule has 2 aromatic carbocycles. The molecular formula is C28H39N3O2. The molecule has 1 heterocycles. The van der Waals surface area contributed by atoms with E-state index in [0.29, 0.717) is 18.4 Å². The molecule has 33 heavy (non-hydrogen) atoms. The Kier molecular flexibility index (Phi) is 8.77. The summed E-state index contributed by atoms with van der Waals surface area (Å²) >= 11 is 0. The highest BCUT2D eigenvalue weighted by atomic mass is 16.5. The molecule has 5 heteroatoms. The standard InChI is InChI=1S/C28H39N3O2/c1-22-20-30(3)23(2)19-28(22,25-10-7-6-8-11-25)14-17-31(16-9-15-29)21-24-12-13-26(32-4)27(18-24)33-5/h6-8,10-13,18,22-23H,9,14,16-17,19-21H2,1-5H3/t22-,23-,28-/m1/s1. The Hall–Kier alpha value is -2.55. The van der Waals surface area contributed by atoms with Crippen LogP contribution in [-0.2, 0) is 12.0 Å². The summed E-state index contributed by atoms with van der Waals surface area (Å²) in [4.78, 5) is 4.91. The highest BCUT2D eigenvalue weighted by molar-refractivity contribution is 5.42. The number of nitrogens with zero attached hydrogens (tertiary/aromatic N) is 3. The first-order valence-corrected chi connectivity index (χ1v) is 12.0. The number of hydrogen-bond acceptors (Lipinski definition) is 5. The van der Waals surface area contributed by atoms with Crippen LogP contribution in [0.15, 0.2) is 48.5 Å². The third-order valence-electron chi connectivity index (χ3n) is 7.53. The fourth-order valence-electron chi connectivity index (χ4n) is 5.41. The average molecular weight is 450 g/mol. The molecule has 5 nitrogen and oxygen atoms in total. The van der Waals surface area contributed by atoms with Gasteiger partial charge < -0.3 is 14.4 Å². The second kappa shape index (κ2) is 11.5. The van der Waals surface area contributed by atoms with E-state index in [9.17, 15) is 5.26 Å². The second-order valence-electron chi connectivity index (χ2n) is 9.54. The summed E-state index contributed by atoms with van der Waals surface area (Å²) in [5, 5.41) is 9.26. The van der Waals surface area contributed by atoms with E-state index in [0.717, 1.165) is 50.5 Å². The summed E-state index contributed by atoms with van der Waals surface area (Å²) < 4.78 is 10.9. The van der Waals surface area contributed by atoms with Gasteiger partial charge in [-0.05, 0) is 62.5 Å². The van der Waals surface area contributed by atoms with Gasteiger partial charge in [0.05, 0.1) is 20.3 Å². The van der Waals surface area contributed by atoms with Crippen molar-refractivity contribution in [2.24, 2.45) is 5.92 Å². The van der Waals surface area contributed by atoms with E-state index in [2.05, 4.69) is 73.2 Å². The number of rotatable bonds is 10. The molecule has 0 radical (unpaired) electrons. The van der Waals surface area contributed by atoms with Crippen LogP contribution in [0.2, 0.25) is 0 Å². The molecule has 1 saturated heterocycles. The first kappa shape index (κ1) is 25.1. The normalized spacial score (nSPS) is 23.3. The maximum Gasteiger partial charge on any atom is 0.161 e. The lowest BCUT2D eigenvalue weighted by Crippen LogP contribution is -2.52. The van der Waals surface area contributed by atoms with Gasteiger partial charge in [0, 0.05) is 37.5 Å². The number of piperidine rings is 1. The SMILES string of the molecule is COc1ccc(CN(CCC#N)CC[C@@]2(c3ccccc3)C[C@@H](C)N(C)C[C@H]2C)cc1OC. The van der Waals surface area contributed by atoms with Crippen molar-refractivity contribution in [3.05, 3.63) is 59.7 Å². The van der Waals surface area contributed by atoms with Crippen LogP contribution in [0.25, 0.3) is 0 Å². The monoisotopic (exact) mass is 449 g/mol. The topological polar surface area (TPSA) is 48.7 Å². The molecule has 1 aliphatic rings. The number of nitriles is 1. The Balaban J connectivity index is 1.83. The molecule has 0 aromatic heterocycles. The van der Waals surface area contributed by atoms with Crippen LogP contribution >= 0.6 is 0 Å². The van der Waals surface area contributed by atoms with Gasteiger partial charge in [0.15, 0.2) is 11.5 Å². The van der Waals surface area contributed by atoms with Crippen molar-refractivity contribution in [3.8, 4) is 17.6 Å². The number of methoxy groups -OCH3 is 2. The first-order valence-electron chi connectivity index (χ1n) is 12.0. The zero-order valence-electron chi connectivity index (χ0n) is 20.9. The van der Waals surface area contributed by atoms with Crippen molar-refractivity contribution in [3.63, 3.8) is 0 Å². The minimum Gasteiger partial charge on any atom is -0.493 e. The van der Waals surface area contributed by atoms with Crippen molar-refractivity contribution in [2.45, 2.75) is 51.1 Å². The summed E-state index contributed by atoms with van der Waals surface area (Å²) in [7, 11) is 5.57. The molecule has 178 valence electrons. The minimum atomic E-state index is 0.135. The molecule has 0 N–H and O–H groups in total. The molecule has 1 fully saturated rings. The van der Waals surface area contributed by atoms with Gasteiger partial charge in [-0.1, -0.05) is 43.3 Å². The van der Waals surface area contributed by atoms with Crippen LogP contribution in [-0.4, -0.2) is 56.7 Å². The molecule has 2 aromatic rings. The van der Waals surface area contributed by atoms with E-state index >= 15 is 0 Å². The quantitative estimate of drug-likeness (QED) is 0.505. The van der Waals surface area contributed by atoms with Crippen LogP contribution in [0.3, 0.4) is 0 Å². The minimum absolute atomic E-state index is 0.135. The highest BCUT2D eigenvalue weighted by Crippen LogP contribution is 2.44. The lowest BCUT2D eigenvalue weighted by atomic mass is 9.63. The number of likely N-dealkylation sites (tertiary alicyclic amines) is 1. The van der Waals surface area contributed by atoms with Gasteiger partial charge in [-0.3, -0.25) is 4.90 Å². The fraction of sp³-hybridized carbons (Fsp3) is 0.536. The van der Waals surface area contributed by atoms with Gasteiger partial charge in [0.2, 0.25) is 0 Å². The van der Waals surface area contributed by atoms with Crippen LogP contribution in [0.4, 0.5) is 0 Å². The lowest BCUT2D eigenvalue weighted by molar-refractivity contribution is 0.0602. The van der Waals surface area contributed by atoms with E-state index < -0.39 is 0 Å². The molecule has 0 amide bonds. The molecule has 3 atom stereocenters. The molecule has 0 unspecified atom stereocenters. The van der Waals surface area contributed by atoms with E-state index in [1.54, 1.807) is 14.2 Å². The second-order valence-corrected chi connectivity index (χ2v) is 9.54. The maximum atomic E-state index is 9.26. The molecule has 3 rings (SSSR count). The van der Waals surface area contributed by atoms with E-state index in [1.807, 2.05) is 12.1 Å². The van der Waals surface area contributed by atoms with Crippen LogP contribution in [0, 0.1) is 17.2 Å². The zero-order valence-corrected chi connectivity index (χ0v) is 20.9. The maximum absolute atomic E-state index is 9.26. The van der Waals surface area contributed by atoms with Crippen molar-refractivity contribution >= 4 is 0 Å². The van der Waals surface area contributed by atoms with Crippen LogP contribution in [0.5, 0.6) is 11.5 Å². The Morgan fingerprint density at radius 2 is 1.79 bits per heavy atom. The predicted molar refractivity (Wildman–Crippen MR) is 134 cm³/mol. The molecule has 1 aliphatic heterocycles. The van der Waals surface area contributed by atoms with Gasteiger partial charge >= 0.3 is 0 Å². The van der Waals surface area contributed by atoms with Gasteiger partial charge in [0.1, 0.15) is 0 Å². The molecular weight excluding hydrogens is 410 g/mol. The number of ether oxygens (including phenoxy) is 2. The van der Waals surface area contributed by atoms with Crippen molar-refractivity contribution in [1.29, 1.82) is 5.26 Å². The highest BCUT2D eigenvalue weighted by Gasteiger charge is 2.43. The van der Waals surface area contributed by atoms with Gasteiger partial charge in [-0.2, -0.15) is 5.26 Å². The Morgan fingerprint density at radius 3 is 2.45 bits per heavy atom. The van der Waals surface area contributed by atoms with Gasteiger partial charge in [-0.15, -0.1) is 0 Å². The van der Waals surface area contributed by atoms with E-state index in [4.69, 9.17) is 9.47 Å². The smallest absolute Gasteiger partial charge is 0.161 e. The first-order chi connectivity index (χ1) is 15.9. The van der Waals surface area contributed by atoms with Crippen LogP contribution in [0.1, 0.15) is 44.2 Å². The molecule has 0 spiro atoms. The van der Waals surface area contributed by atoms with Crippen molar-refractivity contribution in [2.75, 3.05) is 40.9 Å². The summed E-state index contributed by atoms with van der Waals surface area (Å²) in [5.41, 5.74) is 2.75. The van der Waals surface area contributed by atoms with Gasteiger partial charge in [-0.25, -0.2) is 0 Å². The Labute approximate surface area is 199 Å². The van der Waals surface area contributed by atoms with Crippen molar-refractivity contribution < 1.29 is 9.47 Å².